The van der Waals surface area contributed by atoms with Crippen molar-refractivity contribution >= 4 is 41.7 Å². The van der Waals surface area contributed by atoms with Crippen molar-refractivity contribution in [1.82, 2.24) is 10.6 Å². The fourth-order valence-electron chi connectivity index (χ4n) is 3.42. The number of thioether (sulfide) groups is 1. The first-order chi connectivity index (χ1) is 11.2. The summed E-state index contributed by atoms with van der Waals surface area (Å²) in [5.74, 6) is 1.06. The van der Waals surface area contributed by atoms with Crippen LogP contribution in [0.4, 0.5) is 4.39 Å². The highest BCUT2D eigenvalue weighted by Gasteiger charge is 2.40. The summed E-state index contributed by atoms with van der Waals surface area (Å²) in [6.07, 6.45) is 6.85. The van der Waals surface area contributed by atoms with Gasteiger partial charge in [-0.3, -0.25) is 4.99 Å². The van der Waals surface area contributed by atoms with Gasteiger partial charge in [-0.2, -0.15) is 11.8 Å². The number of guanidine groups is 1. The average Bonchev–Trinajstić information content (AvgIpc) is 3.14. The zero-order valence-electron chi connectivity index (χ0n) is 14.3. The van der Waals surface area contributed by atoms with Gasteiger partial charge in [0.2, 0.25) is 0 Å². The molecule has 0 radical (unpaired) electrons. The molecule has 4 atom stereocenters. The van der Waals surface area contributed by atoms with Crippen LogP contribution < -0.4 is 10.6 Å². The van der Waals surface area contributed by atoms with Gasteiger partial charge in [0.15, 0.2) is 5.96 Å². The van der Waals surface area contributed by atoms with Crippen molar-refractivity contribution < 1.29 is 4.39 Å². The Morgan fingerprint density at radius 1 is 1.25 bits per heavy atom. The second-order valence-corrected chi connectivity index (χ2v) is 7.59. The van der Waals surface area contributed by atoms with E-state index in [4.69, 9.17) is 0 Å². The summed E-state index contributed by atoms with van der Waals surface area (Å²) in [5.41, 5.74) is 0.823. The first kappa shape index (κ1) is 19.8. The second kappa shape index (κ2) is 9.27. The molecule has 2 fully saturated rings. The Morgan fingerprint density at radius 3 is 2.71 bits per heavy atom. The fraction of sp³-hybridized carbons (Fsp3) is 0.611. The topological polar surface area (TPSA) is 36.4 Å². The largest absolute Gasteiger partial charge is 0.354 e. The lowest BCUT2D eigenvalue weighted by molar-refractivity contribution is 0.601. The standard InChI is InChI=1S/C18H26FN3S.HI/c1-3-20-18(21-12-8-9-13(10-12)23-2)22-17-11-15(17)14-6-4-5-7-16(14)19;/h4-7,12-13,15,17H,3,8-11H2,1-2H3,(H2,20,21,22);1H. The maximum absolute atomic E-state index is 13.9. The molecule has 0 heterocycles. The molecule has 0 amide bonds. The lowest BCUT2D eigenvalue weighted by atomic mass is 10.1. The number of aliphatic imine (C=N–C) groups is 1. The van der Waals surface area contributed by atoms with Gasteiger partial charge in [-0.1, -0.05) is 18.2 Å². The summed E-state index contributed by atoms with van der Waals surface area (Å²) in [7, 11) is 0. The van der Waals surface area contributed by atoms with E-state index in [2.05, 4.69) is 21.9 Å². The van der Waals surface area contributed by atoms with E-state index in [0.29, 0.717) is 12.1 Å². The van der Waals surface area contributed by atoms with Crippen LogP contribution in [0.5, 0.6) is 0 Å². The monoisotopic (exact) mass is 463 g/mol. The van der Waals surface area contributed by atoms with E-state index in [1.807, 2.05) is 30.8 Å². The predicted molar refractivity (Wildman–Crippen MR) is 112 cm³/mol. The Bertz CT molecular complexity index is 569. The van der Waals surface area contributed by atoms with Crippen molar-refractivity contribution in [2.45, 2.75) is 55.9 Å². The molecule has 6 heteroatoms. The van der Waals surface area contributed by atoms with Gasteiger partial charge in [0, 0.05) is 29.8 Å². The molecule has 1 aromatic carbocycles. The van der Waals surface area contributed by atoms with Crippen LogP contribution in [0.3, 0.4) is 0 Å². The normalized spacial score (nSPS) is 29.0. The average molecular weight is 463 g/mol. The molecule has 2 aliphatic carbocycles. The van der Waals surface area contributed by atoms with E-state index < -0.39 is 0 Å². The number of benzene rings is 1. The number of hydrogen-bond donors (Lipinski definition) is 2. The smallest absolute Gasteiger partial charge is 0.191 e. The summed E-state index contributed by atoms with van der Waals surface area (Å²) in [6, 6.07) is 7.90. The lowest BCUT2D eigenvalue weighted by Crippen LogP contribution is -2.44. The third-order valence-corrected chi connectivity index (χ3v) is 5.89. The molecule has 4 unspecified atom stereocenters. The first-order valence-corrected chi connectivity index (χ1v) is 9.84. The third kappa shape index (κ3) is 5.00. The highest BCUT2D eigenvalue weighted by molar-refractivity contribution is 14.0. The highest BCUT2D eigenvalue weighted by Crippen LogP contribution is 2.41. The molecule has 1 aromatic rings. The number of hydrogen-bond acceptors (Lipinski definition) is 2. The number of nitrogens with zero attached hydrogens (tertiary/aromatic N) is 1. The fourth-order valence-corrected chi connectivity index (χ4v) is 4.22. The Kier molecular flexibility index (Phi) is 7.65. The SMILES string of the molecule is CCN=C(NC1CCC(SC)C1)NC1CC1c1ccccc1F.I. The van der Waals surface area contributed by atoms with E-state index in [1.165, 1.54) is 19.3 Å². The van der Waals surface area contributed by atoms with Gasteiger partial charge in [-0.25, -0.2) is 4.39 Å². The van der Waals surface area contributed by atoms with Gasteiger partial charge in [-0.05, 0) is 50.5 Å². The van der Waals surface area contributed by atoms with Crippen molar-refractivity contribution in [3.63, 3.8) is 0 Å². The molecule has 0 spiro atoms. The number of rotatable bonds is 5. The molecule has 134 valence electrons. The molecular formula is C18H27FIN3S. The number of halogens is 2. The summed E-state index contributed by atoms with van der Waals surface area (Å²) in [5, 5.41) is 7.83. The van der Waals surface area contributed by atoms with Crippen LogP contribution in [-0.4, -0.2) is 36.1 Å². The quantitative estimate of drug-likeness (QED) is 0.392. The third-order valence-electron chi connectivity index (χ3n) is 4.79. The van der Waals surface area contributed by atoms with Crippen LogP contribution in [0.2, 0.25) is 0 Å². The summed E-state index contributed by atoms with van der Waals surface area (Å²) in [4.78, 5) is 4.56. The van der Waals surface area contributed by atoms with Crippen molar-refractivity contribution in [3.05, 3.63) is 35.6 Å². The number of nitrogens with one attached hydrogen (secondary N) is 2. The van der Waals surface area contributed by atoms with E-state index in [0.717, 1.165) is 29.7 Å². The van der Waals surface area contributed by atoms with Crippen LogP contribution in [0, 0.1) is 5.82 Å². The second-order valence-electron chi connectivity index (χ2n) is 6.45. The molecule has 3 nitrogen and oxygen atoms in total. The molecule has 3 rings (SSSR count). The summed E-state index contributed by atoms with van der Waals surface area (Å²) in [6.45, 7) is 2.80. The minimum absolute atomic E-state index is 0. The van der Waals surface area contributed by atoms with Crippen molar-refractivity contribution in [2.24, 2.45) is 4.99 Å². The van der Waals surface area contributed by atoms with Crippen molar-refractivity contribution in [1.29, 1.82) is 0 Å². The van der Waals surface area contributed by atoms with Crippen molar-refractivity contribution in [2.75, 3.05) is 12.8 Å². The van der Waals surface area contributed by atoms with E-state index >= 15 is 0 Å². The molecule has 2 saturated carbocycles. The molecule has 0 aliphatic heterocycles. The summed E-state index contributed by atoms with van der Waals surface area (Å²) < 4.78 is 13.9. The first-order valence-electron chi connectivity index (χ1n) is 8.56. The van der Waals surface area contributed by atoms with E-state index in [-0.39, 0.29) is 35.7 Å². The van der Waals surface area contributed by atoms with E-state index in [9.17, 15) is 4.39 Å². The zero-order chi connectivity index (χ0) is 16.2. The predicted octanol–water partition coefficient (Wildman–Crippen LogP) is 4.14. The minimum Gasteiger partial charge on any atom is -0.354 e. The van der Waals surface area contributed by atoms with E-state index in [1.54, 1.807) is 12.1 Å². The minimum atomic E-state index is -0.0951. The molecule has 0 saturated heterocycles. The molecule has 24 heavy (non-hydrogen) atoms. The highest BCUT2D eigenvalue weighted by atomic mass is 127. The molecular weight excluding hydrogens is 436 g/mol. The van der Waals surface area contributed by atoms with Gasteiger partial charge >= 0.3 is 0 Å². The molecule has 2 N–H and O–H groups in total. The van der Waals surface area contributed by atoms with Crippen LogP contribution in [0.1, 0.15) is 44.1 Å². The van der Waals surface area contributed by atoms with Gasteiger partial charge in [0.25, 0.3) is 0 Å². The lowest BCUT2D eigenvalue weighted by Gasteiger charge is -2.18. The van der Waals surface area contributed by atoms with Crippen molar-refractivity contribution in [3.8, 4) is 0 Å². The zero-order valence-corrected chi connectivity index (χ0v) is 17.4. The van der Waals surface area contributed by atoms with Crippen LogP contribution in [0.25, 0.3) is 0 Å². The Morgan fingerprint density at radius 2 is 2.04 bits per heavy atom. The maximum atomic E-state index is 13.9. The van der Waals surface area contributed by atoms with Crippen LogP contribution >= 0.6 is 35.7 Å². The Balaban J connectivity index is 0.00000208. The van der Waals surface area contributed by atoms with Crippen LogP contribution in [-0.2, 0) is 0 Å². The van der Waals surface area contributed by atoms with Gasteiger partial charge in [0.1, 0.15) is 5.82 Å². The van der Waals surface area contributed by atoms with Crippen LogP contribution in [0.15, 0.2) is 29.3 Å². The van der Waals surface area contributed by atoms with Gasteiger partial charge in [0.05, 0.1) is 0 Å². The van der Waals surface area contributed by atoms with Gasteiger partial charge < -0.3 is 10.6 Å². The Labute approximate surface area is 165 Å². The molecule has 2 aliphatic rings. The van der Waals surface area contributed by atoms with Gasteiger partial charge in [-0.15, -0.1) is 24.0 Å². The maximum Gasteiger partial charge on any atom is 0.191 e. The Hall–Kier alpha value is -0.500. The molecule has 0 aromatic heterocycles. The molecule has 0 bridgehead atoms. The summed E-state index contributed by atoms with van der Waals surface area (Å²) >= 11 is 1.96.